The lowest BCUT2D eigenvalue weighted by molar-refractivity contribution is -0.191. The van der Waals surface area contributed by atoms with Crippen LogP contribution in [0.5, 0.6) is 0 Å². The van der Waals surface area contributed by atoms with Gasteiger partial charge in [-0.1, -0.05) is 20.8 Å². The number of hydrogen-bond donors (Lipinski definition) is 1. The number of esters is 2. The molecule has 2 aliphatic heterocycles. The number of hydrogen-bond acceptors (Lipinski definition) is 6. The monoisotopic (exact) mass is 363 g/mol. The van der Waals surface area contributed by atoms with E-state index >= 15 is 0 Å². The summed E-state index contributed by atoms with van der Waals surface area (Å²) in [6.07, 6.45) is 0.808. The quantitative estimate of drug-likeness (QED) is 0.802. The number of carbonyl (C=O) groups is 3. The normalized spacial score (nSPS) is 24.0. The number of carboxylic acid groups (broad SMARTS) is 1. The van der Waals surface area contributed by atoms with Gasteiger partial charge in [0.05, 0.1) is 11.5 Å². The van der Waals surface area contributed by atoms with Crippen LogP contribution in [-0.2, 0) is 42.5 Å². The minimum absolute atomic E-state index is 0.114. The van der Waals surface area contributed by atoms with Crippen LogP contribution in [0.15, 0.2) is 10.9 Å². The number of aromatic nitrogens is 1. The summed E-state index contributed by atoms with van der Waals surface area (Å²) in [6.45, 7) is 4.71. The maximum absolute atomic E-state index is 12.9. The number of aryl methyl sites for hydroxylation is 1. The van der Waals surface area contributed by atoms with Gasteiger partial charge in [0, 0.05) is 11.3 Å². The summed E-state index contributed by atoms with van der Waals surface area (Å²) < 4.78 is 11.9. The first-order valence-corrected chi connectivity index (χ1v) is 8.63. The average Bonchev–Trinajstić information content (AvgIpc) is 3.02. The van der Waals surface area contributed by atoms with Gasteiger partial charge >= 0.3 is 17.9 Å². The van der Waals surface area contributed by atoms with E-state index in [4.69, 9.17) is 9.47 Å². The van der Waals surface area contributed by atoms with Crippen molar-refractivity contribution in [1.29, 1.82) is 0 Å². The Balaban J connectivity index is 2.21. The summed E-state index contributed by atoms with van der Waals surface area (Å²) in [6, 6.07) is 0.687. The first kappa shape index (κ1) is 18.2. The zero-order valence-electron chi connectivity index (χ0n) is 14.9. The molecule has 0 bridgehead atoms. The van der Waals surface area contributed by atoms with Gasteiger partial charge in [-0.05, 0) is 25.3 Å². The third-order valence-corrected chi connectivity index (χ3v) is 5.05. The highest BCUT2D eigenvalue weighted by atomic mass is 16.6. The summed E-state index contributed by atoms with van der Waals surface area (Å²) in [5, 5.41) is 9.35. The predicted molar refractivity (Wildman–Crippen MR) is 88.4 cm³/mol. The van der Waals surface area contributed by atoms with E-state index in [0.717, 1.165) is 0 Å². The van der Waals surface area contributed by atoms with Gasteiger partial charge in [-0.3, -0.25) is 14.2 Å². The number of rotatable bonds is 4. The SMILES string of the molecule is CCC1(OC(=O)C(C)C)C(=O)OCc2c1cc1n(c2=O)C(C(=O)O)CC1. The zero-order valence-corrected chi connectivity index (χ0v) is 14.9. The Bertz CT molecular complexity index is 854. The topological polar surface area (TPSA) is 112 Å². The molecule has 8 heteroatoms. The van der Waals surface area contributed by atoms with Gasteiger partial charge in [0.25, 0.3) is 5.56 Å². The van der Waals surface area contributed by atoms with Crippen LogP contribution in [0.1, 0.15) is 56.5 Å². The van der Waals surface area contributed by atoms with Gasteiger partial charge in [-0.2, -0.15) is 0 Å². The molecule has 0 amide bonds. The second-order valence-electron chi connectivity index (χ2n) is 6.93. The number of fused-ring (bicyclic) bond motifs is 2. The number of ether oxygens (including phenoxy) is 2. The third kappa shape index (κ3) is 2.51. The van der Waals surface area contributed by atoms with Crippen molar-refractivity contribution in [1.82, 2.24) is 4.57 Å². The van der Waals surface area contributed by atoms with E-state index in [1.807, 2.05) is 0 Å². The third-order valence-electron chi connectivity index (χ3n) is 5.05. The molecule has 140 valence electrons. The fourth-order valence-electron chi connectivity index (χ4n) is 3.55. The van der Waals surface area contributed by atoms with E-state index in [2.05, 4.69) is 0 Å². The second kappa shape index (κ2) is 6.26. The van der Waals surface area contributed by atoms with Gasteiger partial charge in [0.15, 0.2) is 0 Å². The molecule has 0 aromatic carbocycles. The minimum atomic E-state index is -1.68. The van der Waals surface area contributed by atoms with E-state index in [-0.39, 0.29) is 18.6 Å². The maximum atomic E-state index is 12.9. The van der Waals surface area contributed by atoms with Crippen LogP contribution in [-0.4, -0.2) is 27.6 Å². The van der Waals surface area contributed by atoms with Crippen molar-refractivity contribution in [3.63, 3.8) is 0 Å². The summed E-state index contributed by atoms with van der Waals surface area (Å²) in [7, 11) is 0. The molecule has 2 aliphatic rings. The number of aliphatic carboxylic acids is 1. The molecule has 0 spiro atoms. The molecule has 2 unspecified atom stereocenters. The fraction of sp³-hybridized carbons (Fsp3) is 0.556. The van der Waals surface area contributed by atoms with E-state index in [1.54, 1.807) is 26.8 Å². The van der Waals surface area contributed by atoms with Crippen LogP contribution < -0.4 is 5.56 Å². The van der Waals surface area contributed by atoms with Crippen molar-refractivity contribution in [2.45, 2.75) is 58.3 Å². The molecule has 0 fully saturated rings. The number of nitrogens with zero attached hydrogens (tertiary/aromatic N) is 1. The maximum Gasteiger partial charge on any atom is 0.355 e. The smallest absolute Gasteiger partial charge is 0.355 e. The molecule has 2 atom stereocenters. The number of carboxylic acids is 1. The van der Waals surface area contributed by atoms with Crippen molar-refractivity contribution in [2.24, 2.45) is 5.92 Å². The molecule has 0 radical (unpaired) electrons. The number of carbonyl (C=O) groups excluding carboxylic acids is 2. The largest absolute Gasteiger partial charge is 0.480 e. The Morgan fingerprint density at radius 3 is 2.69 bits per heavy atom. The molecule has 1 aromatic rings. The Hall–Kier alpha value is -2.64. The van der Waals surface area contributed by atoms with Gasteiger partial charge in [-0.15, -0.1) is 0 Å². The lowest BCUT2D eigenvalue weighted by Crippen LogP contribution is -2.48. The summed E-state index contributed by atoms with van der Waals surface area (Å²) >= 11 is 0. The van der Waals surface area contributed by atoms with Crippen molar-refractivity contribution < 1.29 is 29.0 Å². The van der Waals surface area contributed by atoms with E-state index in [0.29, 0.717) is 24.1 Å². The van der Waals surface area contributed by atoms with Crippen molar-refractivity contribution in [3.8, 4) is 0 Å². The molecule has 8 nitrogen and oxygen atoms in total. The molecular formula is C18H21NO7. The molecular weight excluding hydrogens is 342 g/mol. The Morgan fingerprint density at radius 1 is 1.42 bits per heavy atom. The van der Waals surface area contributed by atoms with Crippen molar-refractivity contribution in [3.05, 3.63) is 33.2 Å². The van der Waals surface area contributed by atoms with Crippen LogP contribution >= 0.6 is 0 Å². The standard InChI is InChI=1S/C18H21NO7/c1-4-18(26-16(23)9(2)3)12-7-10-5-6-13(15(21)22)19(10)14(20)11(12)8-25-17(18)24/h7,9,13H,4-6,8H2,1-3H3,(H,21,22). The summed E-state index contributed by atoms with van der Waals surface area (Å²) in [5.41, 5.74) is -1.18. The highest BCUT2D eigenvalue weighted by molar-refractivity contribution is 5.87. The predicted octanol–water partition coefficient (Wildman–Crippen LogP) is 1.28. The van der Waals surface area contributed by atoms with Crippen LogP contribution in [0.25, 0.3) is 0 Å². The molecule has 1 aromatic heterocycles. The van der Waals surface area contributed by atoms with Gasteiger partial charge < -0.3 is 14.6 Å². The highest BCUT2D eigenvalue weighted by Gasteiger charge is 2.50. The second-order valence-corrected chi connectivity index (χ2v) is 6.93. The molecule has 0 saturated heterocycles. The van der Waals surface area contributed by atoms with Crippen LogP contribution in [0.2, 0.25) is 0 Å². The van der Waals surface area contributed by atoms with E-state index in [9.17, 15) is 24.3 Å². The van der Waals surface area contributed by atoms with Crippen molar-refractivity contribution in [2.75, 3.05) is 0 Å². The van der Waals surface area contributed by atoms with Gasteiger partial charge in [0.1, 0.15) is 12.6 Å². The fourth-order valence-corrected chi connectivity index (χ4v) is 3.55. The van der Waals surface area contributed by atoms with Crippen LogP contribution in [0.4, 0.5) is 0 Å². The highest BCUT2D eigenvalue weighted by Crippen LogP contribution is 2.39. The summed E-state index contributed by atoms with van der Waals surface area (Å²) in [4.78, 5) is 49.1. The molecule has 0 saturated carbocycles. The Kier molecular flexibility index (Phi) is 4.37. The number of cyclic esters (lactones) is 1. The lowest BCUT2D eigenvalue weighted by atomic mass is 9.85. The molecule has 0 aliphatic carbocycles. The minimum Gasteiger partial charge on any atom is -0.480 e. The van der Waals surface area contributed by atoms with Gasteiger partial charge in [0.2, 0.25) is 5.60 Å². The first-order chi connectivity index (χ1) is 12.2. The van der Waals surface area contributed by atoms with Gasteiger partial charge in [-0.25, -0.2) is 9.59 Å². The van der Waals surface area contributed by atoms with Crippen molar-refractivity contribution >= 4 is 17.9 Å². The first-order valence-electron chi connectivity index (χ1n) is 8.63. The molecule has 3 rings (SSSR count). The van der Waals surface area contributed by atoms with Crippen LogP contribution in [0, 0.1) is 5.92 Å². The summed E-state index contributed by atoms with van der Waals surface area (Å²) in [5.74, 6) is -2.81. The zero-order chi connectivity index (χ0) is 19.2. The van der Waals surface area contributed by atoms with Crippen LogP contribution in [0.3, 0.4) is 0 Å². The number of pyridine rings is 1. The lowest BCUT2D eigenvalue weighted by Gasteiger charge is -2.36. The molecule has 26 heavy (non-hydrogen) atoms. The Morgan fingerprint density at radius 2 is 2.12 bits per heavy atom. The Labute approximate surface area is 149 Å². The van der Waals surface area contributed by atoms with E-state index < -0.39 is 41.0 Å². The average molecular weight is 363 g/mol. The molecule has 3 heterocycles. The van der Waals surface area contributed by atoms with E-state index in [1.165, 1.54) is 4.57 Å². The molecule has 1 N–H and O–H groups in total.